The second-order valence-electron chi connectivity index (χ2n) is 4.55. The van der Waals surface area contributed by atoms with Gasteiger partial charge in [0.2, 0.25) is 5.91 Å². The molecule has 0 aromatic heterocycles. The fourth-order valence-electron chi connectivity index (χ4n) is 2.34. The quantitative estimate of drug-likeness (QED) is 0.806. The van der Waals surface area contributed by atoms with Crippen LogP contribution in [0, 0.1) is 6.92 Å². The van der Waals surface area contributed by atoms with E-state index in [-0.39, 0.29) is 12.5 Å². The number of nitrogens with two attached hydrogens (primary N) is 1. The van der Waals surface area contributed by atoms with Crippen molar-refractivity contribution in [1.82, 2.24) is 0 Å². The van der Waals surface area contributed by atoms with Crippen molar-refractivity contribution in [3.05, 3.63) is 29.3 Å². The summed E-state index contributed by atoms with van der Waals surface area (Å²) in [6.07, 6.45) is 1.24. The van der Waals surface area contributed by atoms with Crippen molar-refractivity contribution in [1.29, 1.82) is 0 Å². The number of aryl methyl sites for hydroxylation is 2. The van der Waals surface area contributed by atoms with Gasteiger partial charge in [0.25, 0.3) is 0 Å². The highest BCUT2D eigenvalue weighted by molar-refractivity contribution is 6.02. The van der Waals surface area contributed by atoms with E-state index in [0.717, 1.165) is 11.1 Å². The van der Waals surface area contributed by atoms with Crippen LogP contribution in [-0.2, 0) is 16.0 Å². The Hall–Kier alpha value is -1.88. The molecular formula is C13H16N2O3. The first-order chi connectivity index (χ1) is 8.50. The highest BCUT2D eigenvalue weighted by Crippen LogP contribution is 2.29. The minimum absolute atomic E-state index is 0.314. The third-order valence-corrected chi connectivity index (χ3v) is 3.19. The zero-order valence-electron chi connectivity index (χ0n) is 10.2. The second kappa shape index (κ2) is 4.78. The van der Waals surface area contributed by atoms with Crippen LogP contribution < -0.4 is 10.6 Å². The molecule has 0 radical (unpaired) electrons. The number of carboxylic acids is 1. The maximum atomic E-state index is 12.1. The molecule has 1 atom stereocenters. The van der Waals surface area contributed by atoms with Gasteiger partial charge in [-0.3, -0.25) is 14.5 Å². The predicted molar refractivity (Wildman–Crippen MR) is 67.5 cm³/mol. The summed E-state index contributed by atoms with van der Waals surface area (Å²) in [6.45, 7) is 1.53. The van der Waals surface area contributed by atoms with Crippen molar-refractivity contribution in [2.45, 2.75) is 25.8 Å². The fourth-order valence-corrected chi connectivity index (χ4v) is 2.34. The maximum Gasteiger partial charge on any atom is 0.323 e. The van der Waals surface area contributed by atoms with Crippen molar-refractivity contribution in [3.63, 3.8) is 0 Å². The number of rotatable bonds is 2. The normalized spacial score (nSPS) is 19.3. The van der Waals surface area contributed by atoms with Gasteiger partial charge in [-0.05, 0) is 30.9 Å². The number of anilines is 1. The summed E-state index contributed by atoms with van der Waals surface area (Å²) in [7, 11) is 0. The lowest BCUT2D eigenvalue weighted by molar-refractivity contribution is -0.136. The number of fused-ring (bicyclic) bond motifs is 1. The van der Waals surface area contributed by atoms with Gasteiger partial charge in [0, 0.05) is 0 Å². The Labute approximate surface area is 105 Å². The fraction of sp³-hybridized carbons (Fsp3) is 0.385. The molecule has 1 aromatic rings. The highest BCUT2D eigenvalue weighted by Gasteiger charge is 2.30. The van der Waals surface area contributed by atoms with E-state index in [1.807, 2.05) is 25.1 Å². The standard InChI is InChI=1S/C13H16N2O3/c1-8-3-2-4-9-5-6-10(14)13(18)15(12(8)9)7-11(16)17/h2-4,10H,5-7,14H2,1H3,(H,16,17). The molecule has 2 rings (SSSR count). The average Bonchev–Trinajstić information content (AvgIpc) is 2.42. The van der Waals surface area contributed by atoms with Crippen LogP contribution in [0.4, 0.5) is 5.69 Å². The molecule has 0 fully saturated rings. The molecule has 1 heterocycles. The van der Waals surface area contributed by atoms with Gasteiger partial charge < -0.3 is 10.8 Å². The molecular weight excluding hydrogens is 232 g/mol. The van der Waals surface area contributed by atoms with Gasteiger partial charge in [0.1, 0.15) is 6.54 Å². The van der Waals surface area contributed by atoms with Gasteiger partial charge in [-0.1, -0.05) is 18.2 Å². The zero-order chi connectivity index (χ0) is 13.3. The zero-order valence-corrected chi connectivity index (χ0v) is 10.2. The molecule has 5 nitrogen and oxygen atoms in total. The molecule has 0 spiro atoms. The maximum absolute atomic E-state index is 12.1. The van der Waals surface area contributed by atoms with Gasteiger partial charge in [-0.15, -0.1) is 0 Å². The average molecular weight is 248 g/mol. The number of amides is 1. The third-order valence-electron chi connectivity index (χ3n) is 3.19. The molecule has 1 aromatic carbocycles. The SMILES string of the molecule is Cc1cccc2c1N(CC(=O)O)C(=O)C(N)CC2. The summed E-state index contributed by atoms with van der Waals surface area (Å²) in [6, 6.07) is 5.07. The van der Waals surface area contributed by atoms with Gasteiger partial charge in [-0.2, -0.15) is 0 Å². The molecule has 3 N–H and O–H groups in total. The van der Waals surface area contributed by atoms with Crippen LogP contribution in [0.15, 0.2) is 18.2 Å². The van der Waals surface area contributed by atoms with E-state index in [1.165, 1.54) is 4.90 Å². The molecule has 96 valence electrons. The summed E-state index contributed by atoms with van der Waals surface area (Å²) in [4.78, 5) is 24.3. The van der Waals surface area contributed by atoms with Crippen LogP contribution in [0.5, 0.6) is 0 Å². The minimum atomic E-state index is -1.04. The Morgan fingerprint density at radius 2 is 2.28 bits per heavy atom. The molecule has 5 heteroatoms. The van der Waals surface area contributed by atoms with E-state index in [1.54, 1.807) is 0 Å². The number of para-hydroxylation sites is 1. The van der Waals surface area contributed by atoms with Gasteiger partial charge in [0.15, 0.2) is 0 Å². The largest absolute Gasteiger partial charge is 0.480 e. The molecule has 18 heavy (non-hydrogen) atoms. The van der Waals surface area contributed by atoms with Crippen LogP contribution in [0.25, 0.3) is 0 Å². The van der Waals surface area contributed by atoms with Crippen molar-refractivity contribution in [2.24, 2.45) is 5.73 Å². The number of carboxylic acid groups (broad SMARTS) is 1. The van der Waals surface area contributed by atoms with E-state index in [4.69, 9.17) is 10.8 Å². The lowest BCUT2D eigenvalue weighted by atomic mass is 10.0. The number of nitrogens with zero attached hydrogens (tertiary/aromatic N) is 1. The van der Waals surface area contributed by atoms with Crippen LogP contribution in [0.1, 0.15) is 17.5 Å². The van der Waals surface area contributed by atoms with E-state index in [2.05, 4.69) is 0 Å². The number of carbonyl (C=O) groups excluding carboxylic acids is 1. The van der Waals surface area contributed by atoms with Crippen LogP contribution >= 0.6 is 0 Å². The first-order valence-corrected chi connectivity index (χ1v) is 5.88. The summed E-state index contributed by atoms with van der Waals surface area (Å²) in [5.74, 6) is -1.35. The molecule has 0 saturated carbocycles. The number of hydrogen-bond acceptors (Lipinski definition) is 3. The molecule has 0 aliphatic carbocycles. The molecule has 0 bridgehead atoms. The Kier molecular flexibility index (Phi) is 3.34. The Morgan fingerprint density at radius 3 is 2.94 bits per heavy atom. The Morgan fingerprint density at radius 1 is 1.56 bits per heavy atom. The lowest BCUT2D eigenvalue weighted by Gasteiger charge is -2.24. The topological polar surface area (TPSA) is 83.6 Å². The van der Waals surface area contributed by atoms with E-state index in [9.17, 15) is 9.59 Å². The first kappa shape index (κ1) is 12.6. The predicted octanol–water partition coefficient (Wildman–Crippen LogP) is 0.686. The molecule has 1 aliphatic rings. The smallest absolute Gasteiger partial charge is 0.323 e. The molecule has 0 saturated heterocycles. The van der Waals surface area contributed by atoms with Gasteiger partial charge in [-0.25, -0.2) is 0 Å². The van der Waals surface area contributed by atoms with Crippen LogP contribution in [0.3, 0.4) is 0 Å². The first-order valence-electron chi connectivity index (χ1n) is 5.88. The van der Waals surface area contributed by atoms with Gasteiger partial charge in [0.05, 0.1) is 11.7 Å². The molecule has 1 unspecified atom stereocenters. The summed E-state index contributed by atoms with van der Waals surface area (Å²) in [5.41, 5.74) is 8.38. The Balaban J connectivity index is 2.52. The lowest BCUT2D eigenvalue weighted by Crippen LogP contribution is -2.45. The van der Waals surface area contributed by atoms with Crippen LogP contribution in [0.2, 0.25) is 0 Å². The van der Waals surface area contributed by atoms with Crippen molar-refractivity contribution < 1.29 is 14.7 Å². The number of hydrogen-bond donors (Lipinski definition) is 2. The monoisotopic (exact) mass is 248 g/mol. The second-order valence-corrected chi connectivity index (χ2v) is 4.55. The number of carbonyl (C=O) groups is 2. The van der Waals surface area contributed by atoms with E-state index in [0.29, 0.717) is 18.5 Å². The third kappa shape index (κ3) is 2.22. The van der Waals surface area contributed by atoms with E-state index < -0.39 is 12.0 Å². The highest BCUT2D eigenvalue weighted by atomic mass is 16.4. The number of benzene rings is 1. The molecule has 1 amide bonds. The van der Waals surface area contributed by atoms with Crippen molar-refractivity contribution in [2.75, 3.05) is 11.4 Å². The van der Waals surface area contributed by atoms with E-state index >= 15 is 0 Å². The van der Waals surface area contributed by atoms with Crippen molar-refractivity contribution in [3.8, 4) is 0 Å². The van der Waals surface area contributed by atoms with Crippen molar-refractivity contribution >= 4 is 17.6 Å². The summed E-state index contributed by atoms with van der Waals surface area (Å²) in [5, 5.41) is 8.94. The van der Waals surface area contributed by atoms with Crippen LogP contribution in [-0.4, -0.2) is 29.6 Å². The minimum Gasteiger partial charge on any atom is -0.480 e. The summed E-state index contributed by atoms with van der Waals surface area (Å²) >= 11 is 0. The van der Waals surface area contributed by atoms with Gasteiger partial charge >= 0.3 is 5.97 Å². The summed E-state index contributed by atoms with van der Waals surface area (Å²) < 4.78 is 0. The molecule has 1 aliphatic heterocycles. The number of aliphatic carboxylic acids is 1. The Bertz CT molecular complexity index is 499.